The third kappa shape index (κ3) is 2.56. The lowest BCUT2D eigenvalue weighted by Crippen LogP contribution is -1.99. The highest BCUT2D eigenvalue weighted by molar-refractivity contribution is 6.12. The molecule has 0 aliphatic heterocycles. The Morgan fingerprint density at radius 3 is 1.70 bits per heavy atom. The van der Waals surface area contributed by atoms with E-state index in [1.54, 1.807) is 6.07 Å². The summed E-state index contributed by atoms with van der Waals surface area (Å²) in [7, 11) is 0. The first-order valence-electron chi connectivity index (χ1n) is 10.8. The molecule has 5 heteroatoms. The normalized spacial score (nSPS) is 11.8. The lowest BCUT2D eigenvalue weighted by atomic mass is 10.2. The Balaban J connectivity index is 1.70. The highest BCUT2D eigenvalue weighted by atomic mass is 19.1. The number of hydrogen-bond acceptors (Lipinski definition) is 2. The fourth-order valence-electron chi connectivity index (χ4n) is 4.77. The molecular formula is C28H17FN4. The van der Waals surface area contributed by atoms with Crippen LogP contribution in [-0.2, 0) is 0 Å². The molecular weight excluding hydrogens is 411 g/mol. The second-order valence-corrected chi connectivity index (χ2v) is 8.09. The molecule has 33 heavy (non-hydrogen) atoms. The van der Waals surface area contributed by atoms with E-state index in [-0.39, 0.29) is 5.82 Å². The minimum atomic E-state index is -0.286. The van der Waals surface area contributed by atoms with Gasteiger partial charge in [0.2, 0.25) is 0 Å². The smallest absolute Gasteiger partial charge is 0.166 e. The summed E-state index contributed by atoms with van der Waals surface area (Å²) >= 11 is 0. The zero-order valence-corrected chi connectivity index (χ0v) is 17.5. The fraction of sp³-hybridized carbons (Fsp3) is 0. The van der Waals surface area contributed by atoms with Crippen LogP contribution in [0.25, 0.3) is 55.5 Å². The van der Waals surface area contributed by atoms with Crippen molar-refractivity contribution in [2.75, 3.05) is 0 Å². The molecule has 0 aliphatic rings. The van der Waals surface area contributed by atoms with E-state index in [2.05, 4.69) is 28.8 Å². The van der Waals surface area contributed by atoms with Gasteiger partial charge >= 0.3 is 0 Å². The van der Waals surface area contributed by atoms with Gasteiger partial charge in [0, 0.05) is 16.5 Å². The molecule has 0 unspecified atom stereocenters. The van der Waals surface area contributed by atoms with Crippen LogP contribution in [-0.4, -0.2) is 19.1 Å². The van der Waals surface area contributed by atoms with Crippen molar-refractivity contribution in [1.29, 1.82) is 0 Å². The maximum Gasteiger partial charge on any atom is 0.166 e. The second-order valence-electron chi connectivity index (χ2n) is 8.09. The van der Waals surface area contributed by atoms with Crippen LogP contribution >= 0.6 is 0 Å². The molecule has 0 saturated carbocycles. The lowest BCUT2D eigenvalue weighted by Gasteiger charge is -2.08. The third-order valence-corrected chi connectivity index (χ3v) is 6.16. The van der Waals surface area contributed by atoms with E-state index in [0.717, 1.165) is 49.9 Å². The maximum absolute atomic E-state index is 14.2. The molecule has 0 amide bonds. The Bertz CT molecular complexity index is 1830. The van der Waals surface area contributed by atoms with Crippen LogP contribution in [0.1, 0.15) is 0 Å². The fourth-order valence-corrected chi connectivity index (χ4v) is 4.77. The Morgan fingerprint density at radius 1 is 0.515 bits per heavy atom. The van der Waals surface area contributed by atoms with Crippen LogP contribution in [0, 0.1) is 5.82 Å². The highest BCUT2D eigenvalue weighted by Crippen LogP contribution is 2.35. The Kier molecular flexibility index (Phi) is 3.70. The molecule has 156 valence electrons. The van der Waals surface area contributed by atoms with Gasteiger partial charge in [-0.15, -0.1) is 0 Å². The lowest BCUT2D eigenvalue weighted by molar-refractivity contribution is 0.627. The summed E-state index contributed by atoms with van der Waals surface area (Å²) < 4.78 is 18.3. The number of hydrogen-bond donors (Lipinski definition) is 0. The zero-order chi connectivity index (χ0) is 21.9. The topological polar surface area (TPSA) is 35.6 Å². The van der Waals surface area contributed by atoms with E-state index in [1.807, 2.05) is 65.2 Å². The first-order chi connectivity index (χ1) is 16.3. The van der Waals surface area contributed by atoms with E-state index in [1.165, 1.54) is 12.1 Å². The molecule has 0 aliphatic carbocycles. The van der Waals surface area contributed by atoms with Gasteiger partial charge in [0.15, 0.2) is 11.3 Å². The van der Waals surface area contributed by atoms with Crippen LogP contribution < -0.4 is 0 Å². The molecule has 4 nitrogen and oxygen atoms in total. The standard InChI is InChI=1S/C28H17FN4/c29-18-9-8-12-20(17-18)33-24-16-7-5-14-22(24)26-28(33)31-27-25(30-26)21-13-4-6-15-23(21)32(27)19-10-2-1-3-11-19/h1-17H. The van der Waals surface area contributed by atoms with Crippen molar-refractivity contribution in [3.05, 3.63) is 109 Å². The molecule has 7 aromatic rings. The quantitative estimate of drug-likeness (QED) is 0.303. The zero-order valence-electron chi connectivity index (χ0n) is 17.5. The molecule has 0 N–H and O–H groups in total. The van der Waals surface area contributed by atoms with Crippen LogP contribution in [0.15, 0.2) is 103 Å². The SMILES string of the molecule is Fc1cccc(-n2c3ccccc3c3nc4c5ccccc5n(-c5ccccc5)c4nc32)c1. The molecule has 0 saturated heterocycles. The van der Waals surface area contributed by atoms with Crippen LogP contribution in [0.4, 0.5) is 4.39 Å². The van der Waals surface area contributed by atoms with Crippen molar-refractivity contribution in [2.45, 2.75) is 0 Å². The minimum Gasteiger partial charge on any atom is -0.292 e. The molecule has 7 rings (SSSR count). The number of rotatable bonds is 2. The van der Waals surface area contributed by atoms with Crippen molar-refractivity contribution in [2.24, 2.45) is 0 Å². The van der Waals surface area contributed by atoms with Crippen molar-refractivity contribution >= 4 is 44.1 Å². The Labute approximate surface area is 188 Å². The van der Waals surface area contributed by atoms with Gasteiger partial charge in [0.1, 0.15) is 16.9 Å². The van der Waals surface area contributed by atoms with Crippen LogP contribution in [0.5, 0.6) is 0 Å². The van der Waals surface area contributed by atoms with Crippen molar-refractivity contribution in [1.82, 2.24) is 19.1 Å². The summed E-state index contributed by atoms with van der Waals surface area (Å²) in [5.41, 5.74) is 6.87. The molecule has 0 atom stereocenters. The summed E-state index contributed by atoms with van der Waals surface area (Å²) in [6.07, 6.45) is 0. The van der Waals surface area contributed by atoms with Gasteiger partial charge in [-0.05, 0) is 42.5 Å². The van der Waals surface area contributed by atoms with Crippen LogP contribution in [0.3, 0.4) is 0 Å². The molecule has 4 aromatic carbocycles. The van der Waals surface area contributed by atoms with Crippen LogP contribution in [0.2, 0.25) is 0 Å². The number of halogens is 1. The van der Waals surface area contributed by atoms with Gasteiger partial charge in [0.25, 0.3) is 0 Å². The van der Waals surface area contributed by atoms with Gasteiger partial charge in [-0.1, -0.05) is 60.7 Å². The Morgan fingerprint density at radius 2 is 1.06 bits per heavy atom. The van der Waals surface area contributed by atoms with E-state index >= 15 is 0 Å². The summed E-state index contributed by atoms with van der Waals surface area (Å²) in [6.45, 7) is 0. The third-order valence-electron chi connectivity index (χ3n) is 6.16. The van der Waals surface area contributed by atoms with Crippen molar-refractivity contribution in [3.63, 3.8) is 0 Å². The molecule has 0 radical (unpaired) electrons. The van der Waals surface area contributed by atoms with Gasteiger partial charge < -0.3 is 0 Å². The van der Waals surface area contributed by atoms with E-state index < -0.39 is 0 Å². The number of benzene rings is 4. The molecule has 0 spiro atoms. The summed E-state index contributed by atoms with van der Waals surface area (Å²) in [6, 6.07) is 33.1. The summed E-state index contributed by atoms with van der Waals surface area (Å²) in [4.78, 5) is 10.3. The number of para-hydroxylation sites is 3. The first kappa shape index (κ1) is 18.1. The number of aromatic nitrogens is 4. The van der Waals surface area contributed by atoms with E-state index in [0.29, 0.717) is 5.65 Å². The molecule has 3 heterocycles. The second kappa shape index (κ2) is 6.74. The summed E-state index contributed by atoms with van der Waals surface area (Å²) in [5, 5.41) is 2.04. The van der Waals surface area contributed by atoms with Gasteiger partial charge in [-0.2, -0.15) is 0 Å². The monoisotopic (exact) mass is 428 g/mol. The maximum atomic E-state index is 14.2. The largest absolute Gasteiger partial charge is 0.292 e. The first-order valence-corrected chi connectivity index (χ1v) is 10.8. The van der Waals surface area contributed by atoms with E-state index in [9.17, 15) is 4.39 Å². The molecule has 0 bridgehead atoms. The highest BCUT2D eigenvalue weighted by Gasteiger charge is 2.20. The van der Waals surface area contributed by atoms with Gasteiger partial charge in [-0.3, -0.25) is 9.13 Å². The Hall–Kier alpha value is -4.51. The van der Waals surface area contributed by atoms with Gasteiger partial charge in [-0.25, -0.2) is 14.4 Å². The summed E-state index contributed by atoms with van der Waals surface area (Å²) in [5.74, 6) is -0.286. The predicted molar refractivity (Wildman–Crippen MR) is 131 cm³/mol. The van der Waals surface area contributed by atoms with E-state index in [4.69, 9.17) is 9.97 Å². The average Bonchev–Trinajstić information content (AvgIpc) is 3.35. The predicted octanol–water partition coefficient (Wildman–Crippen LogP) is 6.81. The van der Waals surface area contributed by atoms with Gasteiger partial charge in [0.05, 0.1) is 16.7 Å². The van der Waals surface area contributed by atoms with Crippen molar-refractivity contribution in [3.8, 4) is 11.4 Å². The number of fused-ring (bicyclic) bond motifs is 6. The molecule has 0 fully saturated rings. The van der Waals surface area contributed by atoms with Crippen molar-refractivity contribution < 1.29 is 4.39 Å². The minimum absolute atomic E-state index is 0.286. The number of nitrogens with zero attached hydrogens (tertiary/aromatic N) is 4. The average molecular weight is 428 g/mol. The molecule has 3 aromatic heterocycles.